The molecular weight excluding hydrogens is 350 g/mol. The minimum absolute atomic E-state index is 0.0197. The molecule has 0 saturated carbocycles. The van der Waals surface area contributed by atoms with Crippen molar-refractivity contribution < 1.29 is 19.2 Å². The number of para-hydroxylation sites is 1. The topological polar surface area (TPSA) is 86.5 Å². The number of nitro benzene ring substituents is 1. The highest BCUT2D eigenvalue weighted by Gasteiger charge is 2.16. The van der Waals surface area contributed by atoms with Crippen molar-refractivity contribution in [1.82, 2.24) is 0 Å². The summed E-state index contributed by atoms with van der Waals surface area (Å²) in [5.41, 5.74) is -0.0822. The van der Waals surface area contributed by atoms with Crippen LogP contribution in [0.2, 0.25) is 0 Å². The second-order valence-corrected chi connectivity index (χ2v) is 6.53. The second kappa shape index (κ2) is 9.09. The van der Waals surface area contributed by atoms with Crippen molar-refractivity contribution in [2.75, 3.05) is 11.5 Å². The van der Waals surface area contributed by atoms with E-state index in [4.69, 9.17) is 4.74 Å². The largest absolute Gasteiger partial charge is 0.392 e. The van der Waals surface area contributed by atoms with Gasteiger partial charge in [0.2, 0.25) is 0 Å². The van der Waals surface area contributed by atoms with Crippen molar-refractivity contribution in [2.24, 2.45) is 0 Å². The van der Waals surface area contributed by atoms with E-state index in [-0.39, 0.29) is 17.2 Å². The third-order valence-corrected chi connectivity index (χ3v) is 4.76. The average molecular weight is 363 g/mol. The number of thioether (sulfide) groups is 2. The molecule has 0 fully saturated rings. The van der Waals surface area contributed by atoms with Crippen molar-refractivity contribution in [3.63, 3.8) is 0 Å². The Balaban J connectivity index is 1.79. The Bertz CT molecular complexity index is 736. The van der Waals surface area contributed by atoms with Crippen LogP contribution in [0.3, 0.4) is 0 Å². The Hall–Kier alpha value is -2.32. The number of nitro groups is 1. The zero-order chi connectivity index (χ0) is 17.4. The molecule has 6 nitrogen and oxygen atoms in total. The molecule has 0 spiro atoms. The fourth-order valence-corrected chi connectivity index (χ4v) is 3.20. The summed E-state index contributed by atoms with van der Waals surface area (Å²) in [5, 5.41) is 10.9. The summed E-state index contributed by atoms with van der Waals surface area (Å²) in [6.07, 6.45) is 0. The van der Waals surface area contributed by atoms with Gasteiger partial charge in [-0.1, -0.05) is 30.3 Å². The first-order valence-corrected chi connectivity index (χ1v) is 8.81. The molecule has 0 amide bonds. The molecule has 0 atom stereocenters. The number of hydrogen-bond acceptors (Lipinski definition) is 7. The molecule has 8 heteroatoms. The van der Waals surface area contributed by atoms with Gasteiger partial charge in [0.15, 0.2) is 0 Å². The molecule has 0 radical (unpaired) electrons. The lowest BCUT2D eigenvalue weighted by molar-refractivity contribution is -0.387. The summed E-state index contributed by atoms with van der Waals surface area (Å²) in [7, 11) is 0. The van der Waals surface area contributed by atoms with Gasteiger partial charge in [0.25, 0.3) is 5.69 Å². The third-order valence-electron chi connectivity index (χ3n) is 2.74. The Kier molecular flexibility index (Phi) is 6.83. The fourth-order valence-electron chi connectivity index (χ4n) is 1.71. The van der Waals surface area contributed by atoms with Gasteiger partial charge in [-0.05, 0) is 18.2 Å². The van der Waals surface area contributed by atoms with Crippen LogP contribution in [0, 0.1) is 10.1 Å². The van der Waals surface area contributed by atoms with Gasteiger partial charge in [-0.2, -0.15) is 0 Å². The maximum atomic E-state index is 11.7. The van der Waals surface area contributed by atoms with Crippen molar-refractivity contribution in [3.05, 3.63) is 64.7 Å². The Morgan fingerprint density at radius 2 is 1.50 bits per heavy atom. The number of hydrogen-bond donors (Lipinski definition) is 0. The summed E-state index contributed by atoms with van der Waals surface area (Å²) < 4.78 is 4.70. The maximum absolute atomic E-state index is 11.7. The van der Waals surface area contributed by atoms with Crippen LogP contribution in [0.4, 0.5) is 5.69 Å². The zero-order valence-corrected chi connectivity index (χ0v) is 14.0. The van der Waals surface area contributed by atoms with E-state index in [1.165, 1.54) is 17.8 Å². The summed E-state index contributed by atoms with van der Waals surface area (Å²) >= 11 is 2.23. The second-order valence-electron chi connectivity index (χ2n) is 4.46. The molecule has 0 heterocycles. The van der Waals surface area contributed by atoms with Gasteiger partial charge < -0.3 is 4.74 Å². The molecule has 0 unspecified atom stereocenters. The Morgan fingerprint density at radius 3 is 2.17 bits per heavy atom. The van der Waals surface area contributed by atoms with E-state index in [1.54, 1.807) is 18.2 Å². The number of benzene rings is 2. The molecule has 24 heavy (non-hydrogen) atoms. The number of carbonyl (C=O) groups excluding carboxylic acids is 2. The first-order chi connectivity index (χ1) is 11.6. The zero-order valence-electron chi connectivity index (χ0n) is 12.4. The number of carbonyl (C=O) groups is 2. The van der Waals surface area contributed by atoms with Crippen LogP contribution in [0.25, 0.3) is 0 Å². The highest BCUT2D eigenvalue weighted by atomic mass is 32.2. The molecule has 0 aliphatic carbocycles. The minimum Gasteiger partial charge on any atom is -0.392 e. The first-order valence-electron chi connectivity index (χ1n) is 6.84. The minimum atomic E-state index is -0.725. The number of esters is 2. The lowest BCUT2D eigenvalue weighted by Gasteiger charge is -2.04. The molecule has 0 aliphatic heterocycles. The van der Waals surface area contributed by atoms with Gasteiger partial charge in [0.1, 0.15) is 0 Å². The molecule has 0 bridgehead atoms. The van der Waals surface area contributed by atoms with Crippen LogP contribution >= 0.6 is 23.5 Å². The van der Waals surface area contributed by atoms with Gasteiger partial charge >= 0.3 is 11.9 Å². The average Bonchev–Trinajstić information content (AvgIpc) is 2.59. The van der Waals surface area contributed by atoms with Crippen LogP contribution in [0.15, 0.2) is 64.4 Å². The van der Waals surface area contributed by atoms with Gasteiger partial charge in [-0.3, -0.25) is 19.7 Å². The van der Waals surface area contributed by atoms with Crippen LogP contribution in [0.1, 0.15) is 0 Å². The summed E-state index contributed by atoms with van der Waals surface area (Å²) in [6.45, 7) is 0. The van der Waals surface area contributed by atoms with Crippen LogP contribution in [-0.2, 0) is 14.3 Å². The molecule has 0 saturated heterocycles. The Morgan fingerprint density at radius 1 is 0.917 bits per heavy atom. The third kappa shape index (κ3) is 5.71. The molecule has 2 aromatic carbocycles. The number of ether oxygens (including phenoxy) is 1. The fraction of sp³-hybridized carbons (Fsp3) is 0.125. The summed E-state index contributed by atoms with van der Waals surface area (Å²) in [4.78, 5) is 34.9. The van der Waals surface area contributed by atoms with Crippen molar-refractivity contribution in [2.45, 2.75) is 9.79 Å². The van der Waals surface area contributed by atoms with E-state index in [2.05, 4.69) is 0 Å². The van der Waals surface area contributed by atoms with Crippen LogP contribution in [0.5, 0.6) is 0 Å². The van der Waals surface area contributed by atoms with Crippen molar-refractivity contribution in [3.8, 4) is 0 Å². The molecular formula is C16H13NO5S2. The van der Waals surface area contributed by atoms with Gasteiger partial charge in [0, 0.05) is 11.0 Å². The molecule has 124 valence electrons. The number of nitrogens with zero attached hydrogens (tertiary/aromatic N) is 1. The number of rotatable bonds is 7. The van der Waals surface area contributed by atoms with E-state index >= 15 is 0 Å². The summed E-state index contributed by atoms with van der Waals surface area (Å²) in [5.74, 6) is -1.52. The van der Waals surface area contributed by atoms with Crippen LogP contribution in [-0.4, -0.2) is 28.4 Å². The van der Waals surface area contributed by atoms with Gasteiger partial charge in [-0.15, -0.1) is 23.5 Å². The molecule has 0 aromatic heterocycles. The lowest BCUT2D eigenvalue weighted by Crippen LogP contribution is -2.15. The molecule has 0 aliphatic rings. The standard InChI is InChI=1S/C16H13NO5S2/c18-15(10-23-12-6-2-1-3-7-12)22-16(19)11-24-14-9-5-4-8-13(14)17(20)21/h1-9H,10-11H2. The van der Waals surface area contributed by atoms with Crippen molar-refractivity contribution >= 4 is 41.1 Å². The van der Waals surface area contributed by atoms with E-state index in [1.807, 2.05) is 30.3 Å². The first kappa shape index (κ1) is 18.0. The smallest absolute Gasteiger partial charge is 0.323 e. The van der Waals surface area contributed by atoms with Gasteiger partial charge in [0.05, 0.1) is 21.3 Å². The lowest BCUT2D eigenvalue weighted by atomic mass is 10.3. The predicted molar refractivity (Wildman–Crippen MR) is 92.1 cm³/mol. The van der Waals surface area contributed by atoms with Crippen LogP contribution < -0.4 is 0 Å². The highest BCUT2D eigenvalue weighted by Crippen LogP contribution is 2.28. The quantitative estimate of drug-likeness (QED) is 0.244. The summed E-state index contributed by atoms with van der Waals surface area (Å²) in [6, 6.07) is 15.4. The normalized spacial score (nSPS) is 10.2. The maximum Gasteiger partial charge on any atom is 0.323 e. The van der Waals surface area contributed by atoms with E-state index in [0.717, 1.165) is 16.7 Å². The monoisotopic (exact) mass is 363 g/mol. The van der Waals surface area contributed by atoms with E-state index < -0.39 is 16.9 Å². The van der Waals surface area contributed by atoms with Crippen molar-refractivity contribution in [1.29, 1.82) is 0 Å². The van der Waals surface area contributed by atoms with Gasteiger partial charge in [-0.25, -0.2) is 0 Å². The highest BCUT2D eigenvalue weighted by molar-refractivity contribution is 8.00. The van der Waals surface area contributed by atoms with E-state index in [0.29, 0.717) is 4.90 Å². The molecule has 2 rings (SSSR count). The van der Waals surface area contributed by atoms with E-state index in [9.17, 15) is 19.7 Å². The molecule has 0 N–H and O–H groups in total. The predicted octanol–water partition coefficient (Wildman–Crippen LogP) is 3.55. The molecule has 2 aromatic rings. The Labute approximate surface area is 146 Å². The SMILES string of the molecule is O=C(CSc1ccccc1)OC(=O)CSc1ccccc1[N+](=O)[O-].